The summed E-state index contributed by atoms with van der Waals surface area (Å²) in [7, 11) is 0. The van der Waals surface area contributed by atoms with Crippen LogP contribution in [0.3, 0.4) is 0 Å². The highest BCUT2D eigenvalue weighted by Gasteiger charge is 2.07. The first-order valence-corrected chi connectivity index (χ1v) is 6.08. The largest absolute Gasteiger partial charge is 0.475 e. The van der Waals surface area contributed by atoms with E-state index in [4.69, 9.17) is 9.15 Å². The molecule has 0 unspecified atom stereocenters. The minimum atomic E-state index is -0.243. The van der Waals surface area contributed by atoms with Crippen LogP contribution in [0.2, 0.25) is 0 Å². The van der Waals surface area contributed by atoms with Crippen LogP contribution in [0.1, 0.15) is 30.0 Å². The first kappa shape index (κ1) is 13.1. The van der Waals surface area contributed by atoms with Crippen molar-refractivity contribution < 1.29 is 13.9 Å². The molecule has 0 aliphatic rings. The van der Waals surface area contributed by atoms with E-state index in [2.05, 4.69) is 10.3 Å². The number of hydrogen-bond donors (Lipinski definition) is 1. The predicted molar refractivity (Wildman–Crippen MR) is 69.9 cm³/mol. The van der Waals surface area contributed by atoms with Gasteiger partial charge in [0.1, 0.15) is 0 Å². The molecule has 5 heteroatoms. The van der Waals surface area contributed by atoms with Crippen molar-refractivity contribution in [2.24, 2.45) is 0 Å². The molecule has 19 heavy (non-hydrogen) atoms. The average molecular weight is 260 g/mol. The molecule has 0 saturated heterocycles. The predicted octanol–water partition coefficient (Wildman–Crippen LogP) is 2.39. The number of pyridine rings is 1. The third-order valence-corrected chi connectivity index (χ3v) is 2.35. The summed E-state index contributed by atoms with van der Waals surface area (Å²) in [4.78, 5) is 15.8. The number of carbonyl (C=O) groups excluding carboxylic acids is 1. The lowest BCUT2D eigenvalue weighted by Gasteiger charge is -2.09. The van der Waals surface area contributed by atoms with E-state index in [-0.39, 0.29) is 12.0 Å². The maximum atomic E-state index is 11.6. The van der Waals surface area contributed by atoms with Crippen molar-refractivity contribution in [1.82, 2.24) is 10.3 Å². The zero-order chi connectivity index (χ0) is 13.7. The van der Waals surface area contributed by atoms with Gasteiger partial charge in [-0.25, -0.2) is 4.98 Å². The summed E-state index contributed by atoms with van der Waals surface area (Å²) in [5.74, 6) is 0.635. The van der Waals surface area contributed by atoms with Crippen LogP contribution in [0, 0.1) is 0 Å². The van der Waals surface area contributed by atoms with Gasteiger partial charge < -0.3 is 14.5 Å². The summed E-state index contributed by atoms with van der Waals surface area (Å²) in [6, 6.07) is 6.95. The highest BCUT2D eigenvalue weighted by atomic mass is 16.5. The van der Waals surface area contributed by atoms with Gasteiger partial charge in [0.25, 0.3) is 5.91 Å². The summed E-state index contributed by atoms with van der Waals surface area (Å²) >= 11 is 0. The van der Waals surface area contributed by atoms with Crippen molar-refractivity contribution in [3.8, 4) is 5.88 Å². The molecule has 0 aliphatic carbocycles. The number of nitrogens with one attached hydrogen (secondary N) is 1. The molecule has 2 aromatic heterocycles. The van der Waals surface area contributed by atoms with E-state index in [0.717, 1.165) is 5.56 Å². The summed E-state index contributed by atoms with van der Waals surface area (Å²) in [6.07, 6.45) is 3.24. The molecule has 0 fully saturated rings. The van der Waals surface area contributed by atoms with Crippen LogP contribution in [0.15, 0.2) is 41.1 Å². The molecule has 0 aliphatic heterocycles. The number of aromatic nitrogens is 1. The van der Waals surface area contributed by atoms with Gasteiger partial charge in [0.05, 0.1) is 12.4 Å². The molecular formula is C14H16N2O3. The quantitative estimate of drug-likeness (QED) is 0.896. The number of ether oxygens (including phenoxy) is 1. The molecule has 5 nitrogen and oxygen atoms in total. The molecule has 1 N–H and O–H groups in total. The summed E-state index contributed by atoms with van der Waals surface area (Å²) in [6.45, 7) is 4.28. The van der Waals surface area contributed by atoms with Crippen LogP contribution in [0.5, 0.6) is 5.88 Å². The van der Waals surface area contributed by atoms with E-state index in [1.165, 1.54) is 6.26 Å². The monoisotopic (exact) mass is 260 g/mol. The first-order valence-electron chi connectivity index (χ1n) is 6.08. The molecule has 1 amide bonds. The maximum Gasteiger partial charge on any atom is 0.287 e. The number of hydrogen-bond acceptors (Lipinski definition) is 4. The molecular weight excluding hydrogens is 244 g/mol. The van der Waals surface area contributed by atoms with Gasteiger partial charge >= 0.3 is 0 Å². The van der Waals surface area contributed by atoms with Crippen LogP contribution in [-0.4, -0.2) is 17.0 Å². The Morgan fingerprint density at radius 1 is 1.42 bits per heavy atom. The molecule has 2 heterocycles. The fourth-order valence-corrected chi connectivity index (χ4v) is 1.50. The molecule has 0 saturated carbocycles. The molecule has 2 aromatic rings. The lowest BCUT2D eigenvalue weighted by molar-refractivity contribution is 0.0923. The second kappa shape index (κ2) is 6.04. The standard InChI is InChI=1S/C14H16N2O3/c1-10(2)19-13-6-5-11(8-15-13)9-16-14(17)12-4-3-7-18-12/h3-8,10H,9H2,1-2H3,(H,16,17). The van der Waals surface area contributed by atoms with Gasteiger partial charge in [-0.05, 0) is 31.5 Å². The SMILES string of the molecule is CC(C)Oc1ccc(CNC(=O)c2ccco2)cn1. The normalized spacial score (nSPS) is 10.5. The number of nitrogens with zero attached hydrogens (tertiary/aromatic N) is 1. The van der Waals surface area contributed by atoms with Crippen molar-refractivity contribution >= 4 is 5.91 Å². The first-order chi connectivity index (χ1) is 9.15. The van der Waals surface area contributed by atoms with Crippen molar-refractivity contribution in [1.29, 1.82) is 0 Å². The fraction of sp³-hybridized carbons (Fsp3) is 0.286. The van der Waals surface area contributed by atoms with Crippen molar-refractivity contribution in [2.75, 3.05) is 0 Å². The molecule has 0 atom stereocenters. The summed E-state index contributed by atoms with van der Waals surface area (Å²) in [5.41, 5.74) is 0.899. The summed E-state index contributed by atoms with van der Waals surface area (Å²) in [5, 5.41) is 2.75. The van der Waals surface area contributed by atoms with Gasteiger partial charge in [0, 0.05) is 18.8 Å². The maximum absolute atomic E-state index is 11.6. The minimum Gasteiger partial charge on any atom is -0.475 e. The molecule has 0 spiro atoms. The Labute approximate surface area is 111 Å². The lowest BCUT2D eigenvalue weighted by Crippen LogP contribution is -2.22. The zero-order valence-corrected chi connectivity index (χ0v) is 10.9. The van der Waals surface area contributed by atoms with E-state index >= 15 is 0 Å². The van der Waals surface area contributed by atoms with Gasteiger partial charge in [-0.1, -0.05) is 6.07 Å². The fourth-order valence-electron chi connectivity index (χ4n) is 1.50. The van der Waals surface area contributed by atoms with Crippen LogP contribution in [0.25, 0.3) is 0 Å². The van der Waals surface area contributed by atoms with E-state index < -0.39 is 0 Å². The van der Waals surface area contributed by atoms with Gasteiger partial charge in [-0.2, -0.15) is 0 Å². The minimum absolute atomic E-state index is 0.0944. The smallest absolute Gasteiger partial charge is 0.287 e. The van der Waals surface area contributed by atoms with E-state index in [1.54, 1.807) is 24.4 Å². The van der Waals surface area contributed by atoms with Gasteiger partial charge in [-0.3, -0.25) is 4.79 Å². The number of amides is 1. The van der Waals surface area contributed by atoms with Gasteiger partial charge in [0.2, 0.25) is 5.88 Å². The van der Waals surface area contributed by atoms with E-state index in [9.17, 15) is 4.79 Å². The average Bonchev–Trinajstić information content (AvgIpc) is 2.91. The third-order valence-electron chi connectivity index (χ3n) is 2.35. The Hall–Kier alpha value is -2.30. The van der Waals surface area contributed by atoms with Crippen molar-refractivity contribution in [3.63, 3.8) is 0 Å². The third kappa shape index (κ3) is 3.84. The molecule has 0 aromatic carbocycles. The Kier molecular flexibility index (Phi) is 4.18. The van der Waals surface area contributed by atoms with Gasteiger partial charge in [-0.15, -0.1) is 0 Å². The molecule has 0 bridgehead atoms. The molecule has 100 valence electrons. The second-order valence-corrected chi connectivity index (χ2v) is 4.33. The number of carbonyl (C=O) groups is 1. The van der Waals surface area contributed by atoms with Gasteiger partial charge in [0.15, 0.2) is 5.76 Å². The lowest BCUT2D eigenvalue weighted by atomic mass is 10.3. The van der Waals surface area contributed by atoms with Crippen LogP contribution in [-0.2, 0) is 6.54 Å². The summed E-state index contributed by atoms with van der Waals surface area (Å²) < 4.78 is 10.4. The topological polar surface area (TPSA) is 64.4 Å². The van der Waals surface area contributed by atoms with Crippen LogP contribution >= 0.6 is 0 Å². The zero-order valence-electron chi connectivity index (χ0n) is 10.9. The van der Waals surface area contributed by atoms with Crippen molar-refractivity contribution in [2.45, 2.75) is 26.5 Å². The van der Waals surface area contributed by atoms with Crippen LogP contribution in [0.4, 0.5) is 0 Å². The van der Waals surface area contributed by atoms with E-state index in [1.807, 2.05) is 19.9 Å². The van der Waals surface area contributed by atoms with Crippen LogP contribution < -0.4 is 10.1 Å². The van der Waals surface area contributed by atoms with E-state index in [0.29, 0.717) is 18.2 Å². The Morgan fingerprint density at radius 3 is 2.84 bits per heavy atom. The van der Waals surface area contributed by atoms with Crippen molar-refractivity contribution in [3.05, 3.63) is 48.0 Å². The number of rotatable bonds is 5. The highest BCUT2D eigenvalue weighted by molar-refractivity contribution is 5.91. The highest BCUT2D eigenvalue weighted by Crippen LogP contribution is 2.09. The Morgan fingerprint density at radius 2 is 2.26 bits per heavy atom. The second-order valence-electron chi connectivity index (χ2n) is 4.33. The Bertz CT molecular complexity index is 518. The Balaban J connectivity index is 1.88. The molecule has 0 radical (unpaired) electrons. The number of furan rings is 1. The molecule has 2 rings (SSSR count).